The van der Waals surface area contributed by atoms with Gasteiger partial charge in [-0.2, -0.15) is 0 Å². The van der Waals surface area contributed by atoms with Crippen molar-refractivity contribution in [1.29, 1.82) is 0 Å². The van der Waals surface area contributed by atoms with E-state index in [1.165, 1.54) is 0 Å². The topological polar surface area (TPSA) is 140 Å². The van der Waals surface area contributed by atoms with Crippen LogP contribution in [0.2, 0.25) is 0 Å². The maximum Gasteiger partial charge on any atom is 0.289 e. The minimum Gasteiger partial charge on any atom is -0.356 e. The van der Waals surface area contributed by atoms with E-state index in [1.54, 1.807) is 11.0 Å². The standard InChI is InChI=1S/C32H37N5O5/c1-32(2)13-15-37(31(42)25-16-21-10-6-7-11-23(21)35-25)26(18-32)29(40)36-24(17-22-12-14-33-28(22)39)27(38)30(41)34-19-20-8-4-3-5-9-20/h3-11,16,22,24,26,35H,12-15,17-19H2,1-2H3,(H,33,39)(H,34,41)(H,36,40)/t22-,24?,26-/m0/s1. The molecule has 3 aromatic rings. The van der Waals surface area contributed by atoms with Crippen LogP contribution in [0.5, 0.6) is 0 Å². The molecule has 10 heteroatoms. The van der Waals surface area contributed by atoms with Gasteiger partial charge in [0, 0.05) is 36.5 Å². The second kappa shape index (κ2) is 12.2. The lowest BCUT2D eigenvalue weighted by Crippen LogP contribution is -2.58. The predicted octanol–water partition coefficient (Wildman–Crippen LogP) is 2.70. The lowest BCUT2D eigenvalue weighted by atomic mass is 9.78. The molecule has 10 nitrogen and oxygen atoms in total. The summed E-state index contributed by atoms with van der Waals surface area (Å²) in [5, 5.41) is 9.05. The Bertz CT molecular complexity index is 1460. The predicted molar refractivity (Wildman–Crippen MR) is 157 cm³/mol. The number of H-pyrrole nitrogens is 1. The molecule has 2 aliphatic rings. The number of aromatic nitrogens is 1. The van der Waals surface area contributed by atoms with Crippen LogP contribution < -0.4 is 16.0 Å². The largest absolute Gasteiger partial charge is 0.356 e. The molecule has 3 heterocycles. The second-order valence-corrected chi connectivity index (χ2v) is 12.0. The van der Waals surface area contributed by atoms with Gasteiger partial charge in [-0.3, -0.25) is 24.0 Å². The fraction of sp³-hybridized carbons (Fsp3) is 0.406. The van der Waals surface area contributed by atoms with Crippen molar-refractivity contribution in [1.82, 2.24) is 25.8 Å². The number of hydrogen-bond donors (Lipinski definition) is 4. The number of hydrogen-bond acceptors (Lipinski definition) is 5. The molecule has 4 amide bonds. The van der Waals surface area contributed by atoms with Gasteiger partial charge in [-0.15, -0.1) is 0 Å². The van der Waals surface area contributed by atoms with Gasteiger partial charge in [0.15, 0.2) is 0 Å². The first-order valence-electron chi connectivity index (χ1n) is 14.4. The van der Waals surface area contributed by atoms with Gasteiger partial charge >= 0.3 is 0 Å². The van der Waals surface area contributed by atoms with Gasteiger partial charge in [-0.05, 0) is 48.8 Å². The molecule has 0 radical (unpaired) electrons. The molecule has 2 fully saturated rings. The number of ketones is 1. The minimum atomic E-state index is -1.21. The second-order valence-electron chi connectivity index (χ2n) is 12.0. The number of fused-ring (bicyclic) bond motifs is 1. The Hall–Kier alpha value is -4.47. The minimum absolute atomic E-state index is 0.00123. The molecule has 4 N–H and O–H groups in total. The van der Waals surface area contributed by atoms with Gasteiger partial charge in [-0.1, -0.05) is 62.4 Å². The third-order valence-corrected chi connectivity index (χ3v) is 8.31. The molecule has 0 bridgehead atoms. The number of para-hydroxylation sites is 1. The summed E-state index contributed by atoms with van der Waals surface area (Å²) < 4.78 is 0. The maximum atomic E-state index is 13.9. The van der Waals surface area contributed by atoms with Crippen molar-refractivity contribution < 1.29 is 24.0 Å². The Kier molecular flexibility index (Phi) is 8.42. The van der Waals surface area contributed by atoms with Gasteiger partial charge in [0.1, 0.15) is 11.7 Å². The number of rotatable bonds is 9. The van der Waals surface area contributed by atoms with E-state index in [1.807, 2.05) is 68.4 Å². The monoisotopic (exact) mass is 571 g/mol. The van der Waals surface area contributed by atoms with Gasteiger partial charge in [-0.25, -0.2) is 0 Å². The number of carbonyl (C=O) groups excluding carboxylic acids is 5. The van der Waals surface area contributed by atoms with Crippen LogP contribution in [0.4, 0.5) is 0 Å². The number of benzene rings is 2. The zero-order valence-corrected chi connectivity index (χ0v) is 23.9. The van der Waals surface area contributed by atoms with E-state index in [4.69, 9.17) is 0 Å². The van der Waals surface area contributed by atoms with E-state index in [0.717, 1.165) is 16.5 Å². The van der Waals surface area contributed by atoms with Gasteiger partial charge in [0.25, 0.3) is 11.8 Å². The van der Waals surface area contributed by atoms with Crippen LogP contribution in [-0.2, 0) is 25.7 Å². The molecule has 2 aliphatic heterocycles. The van der Waals surface area contributed by atoms with E-state index in [0.29, 0.717) is 38.0 Å². The first-order chi connectivity index (χ1) is 20.1. The normalized spacial score (nSPS) is 20.5. The van der Waals surface area contributed by atoms with Crippen LogP contribution in [0.3, 0.4) is 0 Å². The summed E-state index contributed by atoms with van der Waals surface area (Å²) in [5.74, 6) is -3.19. The molecule has 0 spiro atoms. The molecule has 2 saturated heterocycles. The van der Waals surface area contributed by atoms with Gasteiger partial charge < -0.3 is 25.8 Å². The molecule has 5 rings (SSSR count). The molecule has 42 heavy (non-hydrogen) atoms. The van der Waals surface area contributed by atoms with Crippen molar-refractivity contribution in [2.45, 2.75) is 58.2 Å². The highest BCUT2D eigenvalue weighted by atomic mass is 16.2. The van der Waals surface area contributed by atoms with Crippen molar-refractivity contribution in [3.8, 4) is 0 Å². The Labute approximate surface area is 244 Å². The zero-order chi connectivity index (χ0) is 29.9. The highest BCUT2D eigenvalue weighted by Gasteiger charge is 2.42. The van der Waals surface area contributed by atoms with Crippen LogP contribution in [0.15, 0.2) is 60.7 Å². The fourth-order valence-electron chi connectivity index (χ4n) is 5.81. The number of nitrogens with zero attached hydrogens (tertiary/aromatic N) is 1. The van der Waals surface area contributed by atoms with E-state index in [2.05, 4.69) is 20.9 Å². The molecule has 2 aromatic carbocycles. The van der Waals surface area contributed by atoms with E-state index in [-0.39, 0.29) is 30.2 Å². The summed E-state index contributed by atoms with van der Waals surface area (Å²) in [6.07, 6.45) is 1.60. The maximum absolute atomic E-state index is 13.9. The Morgan fingerprint density at radius 2 is 1.79 bits per heavy atom. The number of nitrogens with one attached hydrogen (secondary N) is 4. The lowest BCUT2D eigenvalue weighted by Gasteiger charge is -2.42. The fourth-order valence-corrected chi connectivity index (χ4v) is 5.81. The number of piperidine rings is 1. The first kappa shape index (κ1) is 29.0. The number of Topliss-reactive ketones (excluding diaryl/α,β-unsaturated/α-hetero) is 1. The van der Waals surface area contributed by atoms with Gasteiger partial charge in [0.2, 0.25) is 17.6 Å². The van der Waals surface area contributed by atoms with Crippen molar-refractivity contribution >= 4 is 40.3 Å². The molecule has 1 aromatic heterocycles. The number of aromatic amines is 1. The first-order valence-corrected chi connectivity index (χ1v) is 14.4. The van der Waals surface area contributed by atoms with E-state index >= 15 is 0 Å². The molecule has 0 aliphatic carbocycles. The van der Waals surface area contributed by atoms with Crippen LogP contribution in [0, 0.1) is 11.3 Å². The summed E-state index contributed by atoms with van der Waals surface area (Å²) in [4.78, 5) is 71.0. The molecular formula is C32H37N5O5. The zero-order valence-electron chi connectivity index (χ0n) is 23.9. The average Bonchev–Trinajstić information content (AvgIpc) is 3.60. The molecule has 0 saturated carbocycles. The Morgan fingerprint density at radius 3 is 2.50 bits per heavy atom. The SMILES string of the molecule is CC1(C)CCN(C(=O)c2cc3ccccc3[nH]2)[C@H](C(=O)NC(C[C@@H]2CCNC2=O)C(=O)C(=O)NCc2ccccc2)C1. The number of amides is 4. The molecule has 3 atom stereocenters. The number of likely N-dealkylation sites (tertiary alicyclic amines) is 1. The van der Waals surface area contributed by atoms with Crippen LogP contribution >= 0.6 is 0 Å². The van der Waals surface area contributed by atoms with Crippen LogP contribution in [-0.4, -0.2) is 64.5 Å². The summed E-state index contributed by atoms with van der Waals surface area (Å²) in [6, 6.07) is 16.4. The van der Waals surface area contributed by atoms with Crippen molar-refractivity contribution in [2.24, 2.45) is 11.3 Å². The molecule has 220 valence electrons. The van der Waals surface area contributed by atoms with E-state index in [9.17, 15) is 24.0 Å². The third kappa shape index (κ3) is 6.53. The van der Waals surface area contributed by atoms with Gasteiger partial charge in [0.05, 0.1) is 6.04 Å². The number of carbonyl (C=O) groups is 5. The smallest absolute Gasteiger partial charge is 0.289 e. The lowest BCUT2D eigenvalue weighted by molar-refractivity contribution is -0.141. The van der Waals surface area contributed by atoms with Crippen LogP contribution in [0.1, 0.15) is 55.6 Å². The van der Waals surface area contributed by atoms with Crippen molar-refractivity contribution in [2.75, 3.05) is 13.1 Å². The average molecular weight is 572 g/mol. The molecular weight excluding hydrogens is 534 g/mol. The Balaban J connectivity index is 1.35. The Morgan fingerprint density at radius 1 is 1.05 bits per heavy atom. The molecule has 1 unspecified atom stereocenters. The van der Waals surface area contributed by atoms with Crippen molar-refractivity contribution in [3.05, 3.63) is 71.9 Å². The van der Waals surface area contributed by atoms with Crippen molar-refractivity contribution in [3.63, 3.8) is 0 Å². The summed E-state index contributed by atoms with van der Waals surface area (Å²) in [5.41, 5.74) is 1.80. The highest BCUT2D eigenvalue weighted by Crippen LogP contribution is 2.35. The summed E-state index contributed by atoms with van der Waals surface area (Å²) >= 11 is 0. The summed E-state index contributed by atoms with van der Waals surface area (Å²) in [6.45, 7) is 5.07. The van der Waals surface area contributed by atoms with E-state index < -0.39 is 35.6 Å². The van der Waals surface area contributed by atoms with Crippen LogP contribution in [0.25, 0.3) is 10.9 Å². The quantitative estimate of drug-likeness (QED) is 0.293. The third-order valence-electron chi connectivity index (χ3n) is 8.31. The summed E-state index contributed by atoms with van der Waals surface area (Å²) in [7, 11) is 0. The highest BCUT2D eigenvalue weighted by molar-refractivity contribution is 6.38.